The maximum atomic E-state index is 13.3. The first-order valence-corrected chi connectivity index (χ1v) is 5.04. The van der Waals surface area contributed by atoms with Gasteiger partial charge in [-0.15, -0.1) is 0 Å². The van der Waals surface area contributed by atoms with Gasteiger partial charge in [0.05, 0.1) is 12.0 Å². The van der Waals surface area contributed by atoms with Crippen LogP contribution in [0.3, 0.4) is 0 Å². The average Bonchev–Trinajstić information content (AvgIpc) is 2.75. The molecular formula is C11H10FN3O. The summed E-state index contributed by atoms with van der Waals surface area (Å²) in [5.41, 5.74) is 2.06. The third-order valence-corrected chi connectivity index (χ3v) is 2.54. The molecule has 82 valence electrons. The summed E-state index contributed by atoms with van der Waals surface area (Å²) < 4.78 is 18.8. The summed E-state index contributed by atoms with van der Waals surface area (Å²) in [6.45, 7) is 1.42. The maximum absolute atomic E-state index is 13.3. The number of aromatic nitrogens is 2. The van der Waals surface area contributed by atoms with E-state index in [0.29, 0.717) is 12.3 Å². The lowest BCUT2D eigenvalue weighted by atomic mass is 10.1. The number of rotatable bonds is 1. The molecule has 2 N–H and O–H groups in total. The number of ether oxygens (including phenoxy) is 1. The molecule has 0 saturated carbocycles. The van der Waals surface area contributed by atoms with E-state index >= 15 is 0 Å². The van der Waals surface area contributed by atoms with Crippen molar-refractivity contribution in [3.8, 4) is 17.0 Å². The van der Waals surface area contributed by atoms with Crippen LogP contribution < -0.4 is 10.1 Å². The van der Waals surface area contributed by atoms with Crippen LogP contribution in [-0.2, 0) is 0 Å². The van der Waals surface area contributed by atoms with Crippen LogP contribution in [0.25, 0.3) is 11.3 Å². The highest BCUT2D eigenvalue weighted by Gasteiger charge is 2.13. The number of halogens is 1. The Labute approximate surface area is 91.5 Å². The minimum absolute atomic E-state index is 0.386. The van der Waals surface area contributed by atoms with Crippen LogP contribution in [0.5, 0.6) is 5.75 Å². The van der Waals surface area contributed by atoms with E-state index in [4.69, 9.17) is 4.74 Å². The predicted molar refractivity (Wildman–Crippen MR) is 58.0 cm³/mol. The van der Waals surface area contributed by atoms with Crippen molar-refractivity contribution in [2.45, 2.75) is 0 Å². The number of benzene rings is 1. The molecule has 1 aliphatic heterocycles. The summed E-state index contributed by atoms with van der Waals surface area (Å²) >= 11 is 0. The highest BCUT2D eigenvalue weighted by atomic mass is 19.1. The molecule has 0 aliphatic carbocycles. The van der Waals surface area contributed by atoms with Gasteiger partial charge in [0.25, 0.3) is 0 Å². The minimum atomic E-state index is -0.497. The van der Waals surface area contributed by atoms with E-state index in [1.54, 1.807) is 6.07 Å². The van der Waals surface area contributed by atoms with Gasteiger partial charge in [-0.2, -0.15) is 4.39 Å². The predicted octanol–water partition coefficient (Wildman–Crippen LogP) is 2.02. The van der Waals surface area contributed by atoms with Crippen molar-refractivity contribution in [1.29, 1.82) is 0 Å². The van der Waals surface area contributed by atoms with Gasteiger partial charge >= 0.3 is 0 Å². The first-order chi connectivity index (χ1) is 7.84. The number of anilines is 1. The molecule has 0 fully saturated rings. The maximum Gasteiger partial charge on any atom is 0.238 e. The summed E-state index contributed by atoms with van der Waals surface area (Å²) in [5, 5.41) is 3.21. The van der Waals surface area contributed by atoms with Crippen LogP contribution in [0.1, 0.15) is 0 Å². The van der Waals surface area contributed by atoms with Crippen LogP contribution in [0.4, 0.5) is 10.1 Å². The van der Waals surface area contributed by atoms with E-state index in [-0.39, 0.29) is 0 Å². The Balaban J connectivity index is 2.06. The molecule has 1 aromatic heterocycles. The Morgan fingerprint density at radius 3 is 3.12 bits per heavy atom. The van der Waals surface area contributed by atoms with Gasteiger partial charge in [-0.05, 0) is 12.1 Å². The van der Waals surface area contributed by atoms with Gasteiger partial charge in [0.15, 0.2) is 0 Å². The Kier molecular flexibility index (Phi) is 2.02. The van der Waals surface area contributed by atoms with E-state index in [9.17, 15) is 4.39 Å². The second-order valence-electron chi connectivity index (χ2n) is 3.55. The molecule has 0 atom stereocenters. The lowest BCUT2D eigenvalue weighted by Gasteiger charge is -2.19. The first kappa shape index (κ1) is 9.21. The number of H-pyrrole nitrogens is 1. The second-order valence-corrected chi connectivity index (χ2v) is 3.55. The zero-order valence-corrected chi connectivity index (χ0v) is 8.46. The quantitative estimate of drug-likeness (QED) is 0.771. The summed E-state index contributed by atoms with van der Waals surface area (Å²) in [6, 6.07) is 5.51. The summed E-state index contributed by atoms with van der Waals surface area (Å²) in [6.07, 6.45) is 1.34. The lowest BCUT2D eigenvalue weighted by Crippen LogP contribution is -2.17. The molecule has 3 rings (SSSR count). The van der Waals surface area contributed by atoms with Crippen molar-refractivity contribution in [3.05, 3.63) is 30.5 Å². The summed E-state index contributed by atoms with van der Waals surface area (Å²) in [7, 11) is 0. The number of nitrogens with one attached hydrogen (secondary N) is 2. The lowest BCUT2D eigenvalue weighted by molar-refractivity contribution is 0.323. The molecule has 1 aliphatic rings. The number of fused-ring (bicyclic) bond motifs is 1. The smallest absolute Gasteiger partial charge is 0.238 e. The zero-order valence-electron chi connectivity index (χ0n) is 8.46. The number of hydrogen-bond donors (Lipinski definition) is 2. The van der Waals surface area contributed by atoms with Crippen LogP contribution in [0.2, 0.25) is 0 Å². The molecule has 2 aromatic rings. The molecule has 0 spiro atoms. The van der Waals surface area contributed by atoms with E-state index < -0.39 is 5.95 Å². The molecule has 5 heteroatoms. The molecular weight excluding hydrogens is 209 g/mol. The van der Waals surface area contributed by atoms with Gasteiger partial charge < -0.3 is 15.0 Å². The molecule has 2 heterocycles. The molecule has 16 heavy (non-hydrogen) atoms. The summed E-state index contributed by atoms with van der Waals surface area (Å²) in [5.74, 6) is 0.251. The fourth-order valence-electron chi connectivity index (χ4n) is 1.77. The summed E-state index contributed by atoms with van der Waals surface area (Å²) in [4.78, 5) is 6.29. The Morgan fingerprint density at radius 2 is 2.31 bits per heavy atom. The van der Waals surface area contributed by atoms with Gasteiger partial charge in [0.2, 0.25) is 5.95 Å². The Hall–Kier alpha value is -2.04. The monoisotopic (exact) mass is 219 g/mol. The molecule has 0 radical (unpaired) electrons. The number of hydrogen-bond acceptors (Lipinski definition) is 3. The van der Waals surface area contributed by atoms with E-state index in [1.165, 1.54) is 6.33 Å². The molecule has 4 nitrogen and oxygen atoms in total. The second kappa shape index (κ2) is 3.52. The number of nitrogens with zero attached hydrogens (tertiary/aromatic N) is 1. The van der Waals surface area contributed by atoms with Crippen molar-refractivity contribution < 1.29 is 9.13 Å². The van der Waals surface area contributed by atoms with E-state index in [2.05, 4.69) is 15.3 Å². The average molecular weight is 219 g/mol. The van der Waals surface area contributed by atoms with Crippen LogP contribution >= 0.6 is 0 Å². The van der Waals surface area contributed by atoms with Crippen molar-refractivity contribution >= 4 is 5.69 Å². The third kappa shape index (κ3) is 1.41. The van der Waals surface area contributed by atoms with Crippen LogP contribution in [0.15, 0.2) is 24.5 Å². The van der Waals surface area contributed by atoms with Crippen molar-refractivity contribution in [3.63, 3.8) is 0 Å². The highest BCUT2D eigenvalue weighted by Crippen LogP contribution is 2.32. The van der Waals surface area contributed by atoms with Gasteiger partial charge in [-0.25, -0.2) is 4.98 Å². The normalized spacial score (nSPS) is 13.8. The van der Waals surface area contributed by atoms with Gasteiger partial charge in [-0.3, -0.25) is 0 Å². The molecule has 0 unspecified atom stereocenters. The van der Waals surface area contributed by atoms with E-state index in [0.717, 1.165) is 23.5 Å². The minimum Gasteiger partial charge on any atom is -0.490 e. The molecule has 0 saturated heterocycles. The van der Waals surface area contributed by atoms with Crippen LogP contribution in [-0.4, -0.2) is 23.1 Å². The fraction of sp³-hybridized carbons (Fsp3) is 0.182. The van der Waals surface area contributed by atoms with Crippen LogP contribution in [0, 0.1) is 5.95 Å². The van der Waals surface area contributed by atoms with Gasteiger partial charge in [0, 0.05) is 12.1 Å². The standard InChI is InChI=1S/C11H10FN3O/c12-11-10(14-6-15-11)7-1-2-8-9(5-7)16-4-3-13-8/h1-2,5-6,13H,3-4H2,(H,14,15). The van der Waals surface area contributed by atoms with Crippen molar-refractivity contribution in [1.82, 2.24) is 9.97 Å². The molecule has 0 bridgehead atoms. The van der Waals surface area contributed by atoms with Gasteiger partial charge in [-0.1, -0.05) is 6.07 Å². The van der Waals surface area contributed by atoms with Crippen molar-refractivity contribution in [2.24, 2.45) is 0 Å². The largest absolute Gasteiger partial charge is 0.490 e. The number of aromatic amines is 1. The molecule has 0 amide bonds. The molecule has 1 aromatic carbocycles. The number of imidazole rings is 1. The highest BCUT2D eigenvalue weighted by molar-refractivity contribution is 5.69. The first-order valence-electron chi connectivity index (χ1n) is 5.04. The van der Waals surface area contributed by atoms with E-state index in [1.807, 2.05) is 12.1 Å². The van der Waals surface area contributed by atoms with Gasteiger partial charge in [0.1, 0.15) is 18.1 Å². The SMILES string of the molecule is Fc1nc[nH]c1-c1ccc2c(c1)OCCN2. The van der Waals surface area contributed by atoms with Crippen molar-refractivity contribution in [2.75, 3.05) is 18.5 Å². The Morgan fingerprint density at radius 1 is 1.38 bits per heavy atom. The topological polar surface area (TPSA) is 49.9 Å². The Bertz CT molecular complexity index is 524. The third-order valence-electron chi connectivity index (χ3n) is 2.54. The fourth-order valence-corrected chi connectivity index (χ4v) is 1.77. The zero-order chi connectivity index (χ0) is 11.0.